The third-order valence-corrected chi connectivity index (χ3v) is 3.81. The molecule has 0 saturated heterocycles. The van der Waals surface area contributed by atoms with E-state index in [9.17, 15) is 19.7 Å². The summed E-state index contributed by atoms with van der Waals surface area (Å²) in [5.74, 6) is -0.819. The van der Waals surface area contributed by atoms with Gasteiger partial charge in [0.2, 0.25) is 5.91 Å². The van der Waals surface area contributed by atoms with Crippen molar-refractivity contribution in [3.05, 3.63) is 33.9 Å². The van der Waals surface area contributed by atoms with Crippen LogP contribution in [-0.4, -0.2) is 42.8 Å². The molecule has 0 radical (unpaired) electrons. The number of amides is 2. The number of carbonyl (C=O) groups excluding carboxylic acids is 2. The molecule has 2 N–H and O–H groups in total. The van der Waals surface area contributed by atoms with Crippen molar-refractivity contribution in [3.63, 3.8) is 0 Å². The van der Waals surface area contributed by atoms with E-state index in [0.717, 1.165) is 6.42 Å². The zero-order chi connectivity index (χ0) is 19.4. The van der Waals surface area contributed by atoms with Crippen LogP contribution < -0.4 is 10.6 Å². The standard InChI is InChI=1S/C15H21N7O4/c1-5-6-16-15(24)13-11(7-17-20(13)4)18-14(23)10(3)21-8-12(22(25)26)9(2)19-21/h7-8,10H,5-6H2,1-4H3,(H,16,24)(H,18,23). The molecule has 2 heterocycles. The van der Waals surface area contributed by atoms with Gasteiger partial charge < -0.3 is 10.6 Å². The third-order valence-electron chi connectivity index (χ3n) is 3.81. The normalized spacial score (nSPS) is 11.8. The van der Waals surface area contributed by atoms with Gasteiger partial charge in [-0.1, -0.05) is 6.92 Å². The second kappa shape index (κ2) is 7.76. The summed E-state index contributed by atoms with van der Waals surface area (Å²) in [4.78, 5) is 35.1. The molecule has 0 aliphatic carbocycles. The van der Waals surface area contributed by atoms with Gasteiger partial charge in [0, 0.05) is 13.6 Å². The van der Waals surface area contributed by atoms with E-state index in [1.165, 1.54) is 28.7 Å². The molecule has 1 atom stereocenters. The molecule has 2 amide bonds. The Morgan fingerprint density at radius 3 is 2.69 bits per heavy atom. The minimum Gasteiger partial charge on any atom is -0.351 e. The number of anilines is 1. The highest BCUT2D eigenvalue weighted by atomic mass is 16.6. The first-order valence-electron chi connectivity index (χ1n) is 8.07. The summed E-state index contributed by atoms with van der Waals surface area (Å²) >= 11 is 0. The molecule has 26 heavy (non-hydrogen) atoms. The first kappa shape index (κ1) is 19.1. The molecular formula is C15H21N7O4. The Hall–Kier alpha value is -3.24. The van der Waals surface area contributed by atoms with Crippen molar-refractivity contribution in [2.24, 2.45) is 7.05 Å². The van der Waals surface area contributed by atoms with Gasteiger partial charge in [0.05, 0.1) is 16.8 Å². The van der Waals surface area contributed by atoms with E-state index in [-0.39, 0.29) is 28.7 Å². The van der Waals surface area contributed by atoms with Crippen LogP contribution in [0.4, 0.5) is 11.4 Å². The summed E-state index contributed by atoms with van der Waals surface area (Å²) in [6.07, 6.45) is 3.36. The van der Waals surface area contributed by atoms with Crippen LogP contribution in [0.15, 0.2) is 12.4 Å². The van der Waals surface area contributed by atoms with Crippen LogP contribution in [0.2, 0.25) is 0 Å². The Morgan fingerprint density at radius 1 is 1.42 bits per heavy atom. The lowest BCUT2D eigenvalue weighted by molar-refractivity contribution is -0.385. The molecule has 0 saturated carbocycles. The van der Waals surface area contributed by atoms with Crippen LogP contribution in [0, 0.1) is 17.0 Å². The number of aromatic nitrogens is 4. The quantitative estimate of drug-likeness (QED) is 0.559. The first-order chi connectivity index (χ1) is 12.3. The molecule has 0 aromatic carbocycles. The Morgan fingerprint density at radius 2 is 2.12 bits per heavy atom. The van der Waals surface area contributed by atoms with Crippen molar-refractivity contribution in [2.45, 2.75) is 33.2 Å². The molecule has 0 spiro atoms. The number of hydrogen-bond donors (Lipinski definition) is 2. The molecule has 2 aromatic rings. The summed E-state index contributed by atoms with van der Waals surface area (Å²) in [5, 5.41) is 24.3. The van der Waals surface area contributed by atoms with Crippen molar-refractivity contribution in [3.8, 4) is 0 Å². The highest BCUT2D eigenvalue weighted by molar-refractivity contribution is 6.03. The van der Waals surface area contributed by atoms with Gasteiger partial charge in [-0.25, -0.2) is 0 Å². The predicted molar refractivity (Wildman–Crippen MR) is 92.8 cm³/mol. The molecule has 11 nitrogen and oxygen atoms in total. The largest absolute Gasteiger partial charge is 0.351 e. The Kier molecular flexibility index (Phi) is 5.70. The lowest BCUT2D eigenvalue weighted by atomic mass is 10.2. The maximum atomic E-state index is 12.5. The zero-order valence-corrected chi connectivity index (χ0v) is 15.0. The minimum absolute atomic E-state index is 0.161. The predicted octanol–water partition coefficient (Wildman–Crippen LogP) is 1.17. The fourth-order valence-electron chi connectivity index (χ4n) is 2.33. The summed E-state index contributed by atoms with van der Waals surface area (Å²) in [7, 11) is 1.60. The van der Waals surface area contributed by atoms with Gasteiger partial charge in [-0.3, -0.25) is 29.1 Å². The van der Waals surface area contributed by atoms with Crippen LogP contribution in [0.5, 0.6) is 0 Å². The maximum absolute atomic E-state index is 12.5. The summed E-state index contributed by atoms with van der Waals surface area (Å²) in [6.45, 7) is 5.48. The van der Waals surface area contributed by atoms with Gasteiger partial charge in [0.25, 0.3) is 5.91 Å². The Labute approximate surface area is 149 Å². The van der Waals surface area contributed by atoms with Crippen LogP contribution >= 0.6 is 0 Å². The van der Waals surface area contributed by atoms with Gasteiger partial charge >= 0.3 is 5.69 Å². The van der Waals surface area contributed by atoms with Gasteiger partial charge in [-0.15, -0.1) is 0 Å². The smallest absolute Gasteiger partial charge is 0.309 e. The number of aryl methyl sites for hydroxylation is 2. The van der Waals surface area contributed by atoms with E-state index in [4.69, 9.17) is 0 Å². The van der Waals surface area contributed by atoms with E-state index in [1.807, 2.05) is 6.92 Å². The van der Waals surface area contributed by atoms with Crippen molar-refractivity contribution in [1.29, 1.82) is 0 Å². The molecule has 0 aliphatic rings. The molecule has 2 rings (SSSR count). The molecule has 140 valence electrons. The number of nitrogens with zero attached hydrogens (tertiary/aromatic N) is 5. The Bertz CT molecular complexity index is 839. The summed E-state index contributed by atoms with van der Waals surface area (Å²) in [5.41, 5.74) is 0.541. The van der Waals surface area contributed by atoms with Crippen molar-refractivity contribution in [2.75, 3.05) is 11.9 Å². The SMILES string of the molecule is CCCNC(=O)c1c(NC(=O)C(C)n2cc([N+](=O)[O-])c(C)n2)cnn1C. The van der Waals surface area contributed by atoms with Crippen LogP contribution in [0.3, 0.4) is 0 Å². The van der Waals surface area contributed by atoms with E-state index in [2.05, 4.69) is 20.8 Å². The first-order valence-corrected chi connectivity index (χ1v) is 8.07. The molecule has 0 fully saturated rings. The average Bonchev–Trinajstić information content (AvgIpc) is 3.15. The second-order valence-corrected chi connectivity index (χ2v) is 5.79. The zero-order valence-electron chi connectivity index (χ0n) is 15.0. The van der Waals surface area contributed by atoms with Gasteiger partial charge in [0.15, 0.2) is 0 Å². The Balaban J connectivity index is 2.18. The van der Waals surface area contributed by atoms with Crippen LogP contribution in [-0.2, 0) is 11.8 Å². The number of rotatable bonds is 7. The monoisotopic (exact) mass is 363 g/mol. The molecular weight excluding hydrogens is 342 g/mol. The highest BCUT2D eigenvalue weighted by Crippen LogP contribution is 2.20. The molecule has 0 aliphatic heterocycles. The van der Waals surface area contributed by atoms with E-state index in [1.54, 1.807) is 14.0 Å². The number of hydrogen-bond acceptors (Lipinski definition) is 6. The van der Waals surface area contributed by atoms with Crippen molar-refractivity contribution in [1.82, 2.24) is 24.9 Å². The maximum Gasteiger partial charge on any atom is 0.309 e. The summed E-state index contributed by atoms with van der Waals surface area (Å²) < 4.78 is 2.59. The second-order valence-electron chi connectivity index (χ2n) is 5.79. The van der Waals surface area contributed by atoms with E-state index in [0.29, 0.717) is 6.54 Å². The van der Waals surface area contributed by atoms with Crippen LogP contribution in [0.1, 0.15) is 42.5 Å². The fourth-order valence-corrected chi connectivity index (χ4v) is 2.33. The molecule has 1 unspecified atom stereocenters. The number of carbonyl (C=O) groups is 2. The third kappa shape index (κ3) is 3.87. The summed E-state index contributed by atoms with van der Waals surface area (Å²) in [6, 6.07) is -0.811. The topological polar surface area (TPSA) is 137 Å². The van der Waals surface area contributed by atoms with Gasteiger partial charge in [0.1, 0.15) is 23.6 Å². The van der Waals surface area contributed by atoms with Gasteiger partial charge in [-0.2, -0.15) is 10.2 Å². The minimum atomic E-state index is -0.811. The van der Waals surface area contributed by atoms with Gasteiger partial charge in [-0.05, 0) is 20.3 Å². The number of nitro groups is 1. The lowest BCUT2D eigenvalue weighted by Crippen LogP contribution is -2.29. The fraction of sp³-hybridized carbons (Fsp3) is 0.467. The van der Waals surface area contributed by atoms with Crippen LogP contribution in [0.25, 0.3) is 0 Å². The van der Waals surface area contributed by atoms with Crippen molar-refractivity contribution < 1.29 is 14.5 Å². The average molecular weight is 363 g/mol. The van der Waals surface area contributed by atoms with E-state index < -0.39 is 16.9 Å². The highest BCUT2D eigenvalue weighted by Gasteiger charge is 2.24. The number of nitrogens with one attached hydrogen (secondary N) is 2. The molecule has 0 bridgehead atoms. The molecule has 11 heteroatoms. The van der Waals surface area contributed by atoms with Crippen molar-refractivity contribution >= 4 is 23.2 Å². The lowest BCUT2D eigenvalue weighted by Gasteiger charge is -2.13. The van der Waals surface area contributed by atoms with E-state index >= 15 is 0 Å². The molecule has 2 aromatic heterocycles.